The Balaban J connectivity index is 1.64. The Bertz CT molecular complexity index is 979. The summed E-state index contributed by atoms with van der Waals surface area (Å²) in [5, 5.41) is 1.02. The molecular formula is C21H25N5OS. The fraction of sp³-hybridized carbons (Fsp3) is 0.381. The van der Waals surface area contributed by atoms with Crippen molar-refractivity contribution in [2.24, 2.45) is 0 Å². The van der Waals surface area contributed by atoms with Crippen molar-refractivity contribution < 1.29 is 4.79 Å². The molecule has 2 aromatic heterocycles. The molecule has 3 aromatic rings. The maximum absolute atomic E-state index is 13.1. The third-order valence-corrected chi connectivity index (χ3v) is 6.50. The van der Waals surface area contributed by atoms with Gasteiger partial charge in [-0.25, -0.2) is 9.97 Å². The number of benzene rings is 1. The fourth-order valence-corrected chi connectivity index (χ4v) is 4.76. The Morgan fingerprint density at radius 2 is 1.86 bits per heavy atom. The van der Waals surface area contributed by atoms with Gasteiger partial charge in [0.05, 0.1) is 10.3 Å². The first-order valence-corrected chi connectivity index (χ1v) is 10.3. The van der Waals surface area contributed by atoms with Crippen LogP contribution in [0.5, 0.6) is 0 Å². The molecule has 1 amide bonds. The number of carbonyl (C=O) groups excluding carboxylic acids is 1. The molecule has 0 N–H and O–H groups in total. The number of piperazine rings is 1. The van der Waals surface area contributed by atoms with Crippen LogP contribution in [0.25, 0.3) is 10.2 Å². The van der Waals surface area contributed by atoms with Gasteiger partial charge in [-0.15, -0.1) is 11.3 Å². The quantitative estimate of drug-likeness (QED) is 0.680. The van der Waals surface area contributed by atoms with E-state index in [0.29, 0.717) is 6.54 Å². The van der Waals surface area contributed by atoms with Gasteiger partial charge in [0.25, 0.3) is 5.91 Å². The van der Waals surface area contributed by atoms with Gasteiger partial charge in [-0.3, -0.25) is 4.79 Å². The number of amides is 1. The maximum atomic E-state index is 13.1. The first kappa shape index (κ1) is 18.8. The lowest BCUT2D eigenvalue weighted by atomic mass is 10.1. The third kappa shape index (κ3) is 3.59. The first-order chi connectivity index (χ1) is 13.5. The van der Waals surface area contributed by atoms with Crippen molar-refractivity contribution in [3.8, 4) is 0 Å². The number of nitrogens with zero attached hydrogens (tertiary/aromatic N) is 5. The normalized spacial score (nSPS) is 15.2. The van der Waals surface area contributed by atoms with Crippen LogP contribution in [-0.4, -0.2) is 65.9 Å². The van der Waals surface area contributed by atoms with Crippen molar-refractivity contribution in [3.05, 3.63) is 52.7 Å². The van der Waals surface area contributed by atoms with E-state index in [1.807, 2.05) is 44.3 Å². The summed E-state index contributed by atoms with van der Waals surface area (Å²) in [5.41, 5.74) is 2.11. The molecule has 1 aliphatic rings. The molecule has 0 aliphatic carbocycles. The Morgan fingerprint density at radius 1 is 1.14 bits per heavy atom. The number of aromatic nitrogens is 2. The molecule has 0 saturated carbocycles. The van der Waals surface area contributed by atoms with E-state index in [0.717, 1.165) is 58.2 Å². The summed E-state index contributed by atoms with van der Waals surface area (Å²) in [6, 6.07) is 10.1. The lowest BCUT2D eigenvalue weighted by molar-refractivity contribution is 0.0789. The Labute approximate surface area is 169 Å². The van der Waals surface area contributed by atoms with Crippen LogP contribution < -0.4 is 4.90 Å². The van der Waals surface area contributed by atoms with Crippen LogP contribution in [0.3, 0.4) is 0 Å². The highest BCUT2D eigenvalue weighted by atomic mass is 32.1. The van der Waals surface area contributed by atoms with E-state index in [1.54, 1.807) is 11.2 Å². The number of carbonyl (C=O) groups is 1. The summed E-state index contributed by atoms with van der Waals surface area (Å²) >= 11 is 1.47. The largest absolute Gasteiger partial charge is 0.353 e. The molecule has 0 spiro atoms. The molecule has 6 nitrogen and oxygen atoms in total. The summed E-state index contributed by atoms with van der Waals surface area (Å²) in [4.78, 5) is 30.2. The molecule has 1 aromatic carbocycles. The minimum absolute atomic E-state index is 0.0358. The van der Waals surface area contributed by atoms with Crippen molar-refractivity contribution >= 4 is 33.3 Å². The maximum Gasteiger partial charge on any atom is 0.264 e. The van der Waals surface area contributed by atoms with Crippen LogP contribution in [-0.2, 0) is 6.54 Å². The summed E-state index contributed by atoms with van der Waals surface area (Å²) in [6.07, 6.45) is 1.62. The smallest absolute Gasteiger partial charge is 0.264 e. The van der Waals surface area contributed by atoms with E-state index in [2.05, 4.69) is 26.8 Å². The highest BCUT2D eigenvalue weighted by Crippen LogP contribution is 2.35. The van der Waals surface area contributed by atoms with Crippen LogP contribution in [0.4, 0.5) is 5.82 Å². The number of anilines is 1. The second kappa shape index (κ2) is 7.85. The average Bonchev–Trinajstić information content (AvgIpc) is 3.05. The monoisotopic (exact) mass is 395 g/mol. The Morgan fingerprint density at radius 3 is 2.57 bits per heavy atom. The molecule has 1 saturated heterocycles. The zero-order valence-corrected chi connectivity index (χ0v) is 17.4. The van der Waals surface area contributed by atoms with E-state index in [4.69, 9.17) is 0 Å². The first-order valence-electron chi connectivity index (χ1n) is 9.51. The van der Waals surface area contributed by atoms with Crippen LogP contribution in [0.2, 0.25) is 0 Å². The van der Waals surface area contributed by atoms with Crippen LogP contribution in [0.1, 0.15) is 20.8 Å². The highest BCUT2D eigenvalue weighted by molar-refractivity contribution is 7.20. The number of hydrogen-bond acceptors (Lipinski definition) is 6. The van der Waals surface area contributed by atoms with Crippen LogP contribution in [0.15, 0.2) is 36.7 Å². The summed E-state index contributed by atoms with van der Waals surface area (Å²) in [7, 11) is 3.99. The molecule has 0 bridgehead atoms. The van der Waals surface area contributed by atoms with Gasteiger partial charge < -0.3 is 14.7 Å². The van der Waals surface area contributed by atoms with E-state index in [1.165, 1.54) is 11.3 Å². The van der Waals surface area contributed by atoms with Gasteiger partial charge in [0.2, 0.25) is 0 Å². The summed E-state index contributed by atoms with van der Waals surface area (Å²) in [5.74, 6) is 0.991. The highest BCUT2D eigenvalue weighted by Gasteiger charge is 2.25. The van der Waals surface area contributed by atoms with Gasteiger partial charge in [-0.2, -0.15) is 0 Å². The third-order valence-electron chi connectivity index (χ3n) is 5.31. The molecule has 7 heteroatoms. The number of thiophene rings is 1. The Kier molecular flexibility index (Phi) is 5.28. The molecule has 0 radical (unpaired) electrons. The minimum atomic E-state index is 0.0358. The molecule has 1 aliphatic heterocycles. The fourth-order valence-electron chi connectivity index (χ4n) is 3.62. The second-order valence-electron chi connectivity index (χ2n) is 7.37. The van der Waals surface area contributed by atoms with Gasteiger partial charge in [-0.1, -0.05) is 30.3 Å². The number of likely N-dealkylation sites (N-methyl/N-ethyl adjacent to an activating group) is 1. The van der Waals surface area contributed by atoms with Gasteiger partial charge in [0.1, 0.15) is 17.0 Å². The van der Waals surface area contributed by atoms with Gasteiger partial charge in [0, 0.05) is 39.8 Å². The lowest BCUT2D eigenvalue weighted by Crippen LogP contribution is -2.44. The second-order valence-corrected chi connectivity index (χ2v) is 8.37. The molecule has 1 fully saturated rings. The zero-order valence-electron chi connectivity index (χ0n) is 16.6. The summed E-state index contributed by atoms with van der Waals surface area (Å²) < 4.78 is 0. The van der Waals surface area contributed by atoms with Crippen molar-refractivity contribution in [2.75, 3.05) is 45.2 Å². The van der Waals surface area contributed by atoms with Crippen molar-refractivity contribution in [1.29, 1.82) is 0 Å². The Hall–Kier alpha value is -2.51. The number of aryl methyl sites for hydroxylation is 1. The molecule has 0 unspecified atom stereocenters. The average molecular weight is 396 g/mol. The number of hydrogen-bond donors (Lipinski definition) is 0. The molecule has 28 heavy (non-hydrogen) atoms. The van der Waals surface area contributed by atoms with E-state index < -0.39 is 0 Å². The van der Waals surface area contributed by atoms with Crippen LogP contribution >= 0.6 is 11.3 Å². The van der Waals surface area contributed by atoms with Crippen molar-refractivity contribution in [2.45, 2.75) is 13.5 Å². The lowest BCUT2D eigenvalue weighted by Gasteiger charge is -2.33. The zero-order chi connectivity index (χ0) is 19.7. The summed E-state index contributed by atoms with van der Waals surface area (Å²) in [6.45, 7) is 6.51. The predicted octanol–water partition coefficient (Wildman–Crippen LogP) is 3.02. The van der Waals surface area contributed by atoms with E-state index in [-0.39, 0.29) is 5.91 Å². The van der Waals surface area contributed by atoms with E-state index in [9.17, 15) is 4.79 Å². The molecule has 146 valence electrons. The van der Waals surface area contributed by atoms with Gasteiger partial charge in [-0.05, 0) is 25.1 Å². The van der Waals surface area contributed by atoms with Crippen molar-refractivity contribution in [1.82, 2.24) is 19.8 Å². The molecule has 0 atom stereocenters. The molecule has 4 rings (SSSR count). The van der Waals surface area contributed by atoms with Crippen molar-refractivity contribution in [3.63, 3.8) is 0 Å². The minimum Gasteiger partial charge on any atom is -0.353 e. The van der Waals surface area contributed by atoms with Gasteiger partial charge >= 0.3 is 0 Å². The van der Waals surface area contributed by atoms with Gasteiger partial charge in [0.15, 0.2) is 0 Å². The predicted molar refractivity (Wildman–Crippen MR) is 114 cm³/mol. The number of fused-ring (bicyclic) bond motifs is 1. The standard InChI is InChI=1S/C21H25N5OS/c1-15-17-19(26-11-9-24(2)10-12-26)22-14-23-20(17)28-18(15)21(27)25(3)13-16-7-5-4-6-8-16/h4-8,14H,9-13H2,1-3H3. The number of rotatable bonds is 4. The topological polar surface area (TPSA) is 52.6 Å². The molecular weight excluding hydrogens is 370 g/mol. The SMILES string of the molecule is Cc1c(C(=O)N(C)Cc2ccccc2)sc2ncnc(N3CCN(C)CC3)c12. The molecule has 3 heterocycles. The van der Waals surface area contributed by atoms with E-state index >= 15 is 0 Å². The van der Waals surface area contributed by atoms with Crippen LogP contribution in [0, 0.1) is 6.92 Å².